The molecule has 25 heavy (non-hydrogen) atoms. The average Bonchev–Trinajstić information content (AvgIpc) is 2.56. The van der Waals surface area contributed by atoms with Crippen molar-refractivity contribution in [3.63, 3.8) is 0 Å². The Morgan fingerprint density at radius 2 is 1.80 bits per heavy atom. The van der Waals surface area contributed by atoms with Crippen molar-refractivity contribution in [3.05, 3.63) is 65.5 Å². The third-order valence-corrected chi connectivity index (χ3v) is 3.54. The summed E-state index contributed by atoms with van der Waals surface area (Å²) in [4.78, 5) is 13.5. The van der Waals surface area contributed by atoms with Crippen LogP contribution in [-0.4, -0.2) is 31.0 Å². The molecule has 0 N–H and O–H groups in total. The van der Waals surface area contributed by atoms with Crippen LogP contribution in [0, 0.1) is 5.82 Å². The van der Waals surface area contributed by atoms with Crippen molar-refractivity contribution in [1.82, 2.24) is 4.90 Å². The van der Waals surface area contributed by atoms with Gasteiger partial charge in [0, 0.05) is 7.05 Å². The van der Waals surface area contributed by atoms with E-state index < -0.39 is 11.7 Å². The van der Waals surface area contributed by atoms with E-state index in [0.717, 1.165) is 12.1 Å². The molecule has 0 saturated carbocycles. The molecule has 134 valence electrons. The quantitative estimate of drug-likeness (QED) is 0.735. The van der Waals surface area contributed by atoms with Gasteiger partial charge in [0.05, 0.1) is 18.5 Å². The van der Waals surface area contributed by atoms with E-state index in [-0.39, 0.29) is 31.3 Å². The van der Waals surface area contributed by atoms with Crippen LogP contribution in [0.4, 0.5) is 17.6 Å². The third kappa shape index (κ3) is 5.77. The minimum absolute atomic E-state index is 0.128. The molecule has 0 saturated heterocycles. The number of nitrogens with zero attached hydrogens (tertiary/aromatic N) is 1. The lowest BCUT2D eigenvalue weighted by molar-refractivity contribution is -0.137. The van der Waals surface area contributed by atoms with E-state index in [1.165, 1.54) is 41.3 Å². The zero-order valence-corrected chi connectivity index (χ0v) is 13.5. The molecule has 0 aromatic heterocycles. The zero-order valence-electron chi connectivity index (χ0n) is 13.5. The highest BCUT2D eigenvalue weighted by molar-refractivity contribution is 5.78. The Bertz CT molecular complexity index is 714. The van der Waals surface area contributed by atoms with Crippen LogP contribution in [0.25, 0.3) is 0 Å². The van der Waals surface area contributed by atoms with Gasteiger partial charge in [0.2, 0.25) is 5.91 Å². The number of alkyl halides is 3. The van der Waals surface area contributed by atoms with Crippen molar-refractivity contribution in [1.29, 1.82) is 0 Å². The first kappa shape index (κ1) is 18.8. The second-order valence-electron chi connectivity index (χ2n) is 5.49. The van der Waals surface area contributed by atoms with Crippen LogP contribution in [0.2, 0.25) is 0 Å². The molecule has 0 spiro atoms. The fraction of sp³-hybridized carbons (Fsp3) is 0.278. The molecule has 0 radical (unpaired) electrons. The van der Waals surface area contributed by atoms with Crippen molar-refractivity contribution in [2.75, 3.05) is 20.2 Å². The van der Waals surface area contributed by atoms with Gasteiger partial charge in [0.25, 0.3) is 0 Å². The summed E-state index contributed by atoms with van der Waals surface area (Å²) in [5, 5.41) is 0. The first-order chi connectivity index (χ1) is 11.8. The minimum Gasteiger partial charge on any atom is -0.492 e. The number of hydrogen-bond donors (Lipinski definition) is 0. The predicted octanol–water partition coefficient (Wildman–Crippen LogP) is 3.92. The van der Waals surface area contributed by atoms with Crippen molar-refractivity contribution < 1.29 is 27.1 Å². The molecule has 3 nitrogen and oxygen atoms in total. The monoisotopic (exact) mass is 355 g/mol. The van der Waals surface area contributed by atoms with Crippen LogP contribution in [0.1, 0.15) is 11.1 Å². The molecule has 0 bridgehead atoms. The van der Waals surface area contributed by atoms with E-state index in [0.29, 0.717) is 11.3 Å². The van der Waals surface area contributed by atoms with E-state index in [2.05, 4.69) is 0 Å². The van der Waals surface area contributed by atoms with Crippen LogP contribution in [0.15, 0.2) is 48.5 Å². The summed E-state index contributed by atoms with van der Waals surface area (Å²) >= 11 is 0. The average molecular weight is 355 g/mol. The van der Waals surface area contributed by atoms with E-state index in [4.69, 9.17) is 4.74 Å². The number of hydrogen-bond acceptors (Lipinski definition) is 2. The number of rotatable bonds is 6. The summed E-state index contributed by atoms with van der Waals surface area (Å²) in [5.41, 5.74) is -0.480. The molecule has 0 atom stereocenters. The summed E-state index contributed by atoms with van der Waals surface area (Å²) in [5.74, 6) is -0.220. The van der Waals surface area contributed by atoms with Gasteiger partial charge >= 0.3 is 6.18 Å². The lowest BCUT2D eigenvalue weighted by Crippen LogP contribution is -2.32. The van der Waals surface area contributed by atoms with Crippen LogP contribution in [-0.2, 0) is 17.4 Å². The number of halogens is 4. The molecule has 2 rings (SSSR count). The van der Waals surface area contributed by atoms with Crippen molar-refractivity contribution in [3.8, 4) is 5.75 Å². The van der Waals surface area contributed by atoms with Gasteiger partial charge in [-0.3, -0.25) is 4.79 Å². The van der Waals surface area contributed by atoms with Crippen molar-refractivity contribution in [2.45, 2.75) is 12.6 Å². The topological polar surface area (TPSA) is 29.5 Å². The molecule has 0 aliphatic rings. The standard InChI is InChI=1S/C18H17F4NO2/c1-23(9-10-25-16-7-5-15(19)6-8-16)17(24)12-13-3-2-4-14(11-13)18(20,21)22/h2-8,11H,9-10,12H2,1H3. The maximum atomic E-state index is 12.8. The van der Waals surface area contributed by atoms with Crippen LogP contribution in [0.5, 0.6) is 5.75 Å². The molecule has 0 fully saturated rings. The number of ether oxygens (including phenoxy) is 1. The summed E-state index contributed by atoms with van der Waals surface area (Å²) in [6.07, 6.45) is -4.56. The Kier molecular flexibility index (Phi) is 6.01. The van der Waals surface area contributed by atoms with Gasteiger partial charge < -0.3 is 9.64 Å². The number of likely N-dealkylation sites (N-methyl/N-ethyl adjacent to an activating group) is 1. The lowest BCUT2D eigenvalue weighted by Gasteiger charge is -2.18. The Morgan fingerprint density at radius 3 is 2.44 bits per heavy atom. The van der Waals surface area contributed by atoms with Gasteiger partial charge in [-0.2, -0.15) is 13.2 Å². The third-order valence-electron chi connectivity index (χ3n) is 3.54. The van der Waals surface area contributed by atoms with Gasteiger partial charge in [-0.25, -0.2) is 4.39 Å². The molecular weight excluding hydrogens is 338 g/mol. The molecule has 7 heteroatoms. The van der Waals surface area contributed by atoms with Gasteiger partial charge in [-0.05, 0) is 35.9 Å². The number of carbonyl (C=O) groups excluding carboxylic acids is 1. The normalized spacial score (nSPS) is 11.2. The SMILES string of the molecule is CN(CCOc1ccc(F)cc1)C(=O)Cc1cccc(C(F)(F)F)c1. The number of benzene rings is 2. The predicted molar refractivity (Wildman–Crippen MR) is 84.7 cm³/mol. The van der Waals surface area contributed by atoms with E-state index in [9.17, 15) is 22.4 Å². The molecule has 2 aromatic carbocycles. The van der Waals surface area contributed by atoms with Crippen LogP contribution in [0.3, 0.4) is 0 Å². The maximum absolute atomic E-state index is 12.8. The molecule has 0 unspecified atom stereocenters. The Balaban J connectivity index is 1.85. The molecule has 0 aliphatic carbocycles. The maximum Gasteiger partial charge on any atom is 0.416 e. The van der Waals surface area contributed by atoms with Gasteiger partial charge in [-0.15, -0.1) is 0 Å². The number of carbonyl (C=O) groups is 1. The second kappa shape index (κ2) is 8.00. The minimum atomic E-state index is -4.44. The lowest BCUT2D eigenvalue weighted by atomic mass is 10.1. The highest BCUT2D eigenvalue weighted by Gasteiger charge is 2.30. The fourth-order valence-corrected chi connectivity index (χ4v) is 2.12. The van der Waals surface area contributed by atoms with Gasteiger partial charge in [0.15, 0.2) is 0 Å². The summed E-state index contributed by atoms with van der Waals surface area (Å²) < 4.78 is 56.2. The second-order valence-corrected chi connectivity index (χ2v) is 5.49. The first-order valence-electron chi connectivity index (χ1n) is 7.54. The Hall–Kier alpha value is -2.57. The molecule has 1 amide bonds. The zero-order chi connectivity index (χ0) is 18.4. The Morgan fingerprint density at radius 1 is 1.12 bits per heavy atom. The van der Waals surface area contributed by atoms with E-state index in [1.54, 1.807) is 7.05 Å². The molecule has 0 aliphatic heterocycles. The summed E-state index contributed by atoms with van der Waals surface area (Å²) in [6.45, 7) is 0.450. The van der Waals surface area contributed by atoms with Crippen molar-refractivity contribution >= 4 is 5.91 Å². The summed E-state index contributed by atoms with van der Waals surface area (Å²) in [7, 11) is 1.55. The van der Waals surface area contributed by atoms with E-state index in [1.807, 2.05) is 0 Å². The fourth-order valence-electron chi connectivity index (χ4n) is 2.12. The van der Waals surface area contributed by atoms with Gasteiger partial charge in [0.1, 0.15) is 18.2 Å². The Labute approximate surface area is 142 Å². The molecule has 2 aromatic rings. The van der Waals surface area contributed by atoms with Crippen LogP contribution >= 0.6 is 0 Å². The van der Waals surface area contributed by atoms with Crippen LogP contribution < -0.4 is 4.74 Å². The van der Waals surface area contributed by atoms with E-state index >= 15 is 0 Å². The first-order valence-corrected chi connectivity index (χ1v) is 7.54. The summed E-state index contributed by atoms with van der Waals surface area (Å²) in [6, 6.07) is 10.2. The number of amides is 1. The highest BCUT2D eigenvalue weighted by atomic mass is 19.4. The largest absolute Gasteiger partial charge is 0.492 e. The highest BCUT2D eigenvalue weighted by Crippen LogP contribution is 2.29. The smallest absolute Gasteiger partial charge is 0.416 e. The molecular formula is C18H17F4NO2. The van der Waals surface area contributed by atoms with Gasteiger partial charge in [-0.1, -0.05) is 18.2 Å². The molecule has 0 heterocycles. The van der Waals surface area contributed by atoms with Crippen molar-refractivity contribution in [2.24, 2.45) is 0 Å².